The molecule has 0 aromatic heterocycles. The van der Waals surface area contributed by atoms with E-state index in [0.29, 0.717) is 27.8 Å². The summed E-state index contributed by atoms with van der Waals surface area (Å²) in [5.41, 5.74) is 3.52. The minimum atomic E-state index is -0.567. The van der Waals surface area contributed by atoms with Crippen molar-refractivity contribution in [2.75, 3.05) is 27.1 Å². The molecule has 1 N–H and O–H groups in total. The van der Waals surface area contributed by atoms with E-state index in [2.05, 4.69) is 11.4 Å². The Morgan fingerprint density at radius 3 is 2.71 bits per heavy atom. The van der Waals surface area contributed by atoms with Gasteiger partial charge >= 0.3 is 5.97 Å². The number of fused-ring (bicyclic) bond motifs is 2. The predicted octanol–water partition coefficient (Wildman–Crippen LogP) is 4.48. The van der Waals surface area contributed by atoms with Crippen LogP contribution in [0.3, 0.4) is 0 Å². The van der Waals surface area contributed by atoms with E-state index in [1.54, 1.807) is 7.11 Å². The molecule has 2 heterocycles. The summed E-state index contributed by atoms with van der Waals surface area (Å²) >= 11 is 6.45. The van der Waals surface area contributed by atoms with E-state index >= 15 is 0 Å². The highest BCUT2D eigenvalue weighted by Gasteiger charge is 2.45. The number of ketones is 1. The maximum atomic E-state index is 13.7. The molecule has 2 aromatic rings. The average molecular weight is 496 g/mol. The third-order valence-corrected chi connectivity index (χ3v) is 7.01. The zero-order valence-corrected chi connectivity index (χ0v) is 20.3. The second-order valence-corrected chi connectivity index (χ2v) is 9.19. The second kappa shape index (κ2) is 9.76. The first kappa shape index (κ1) is 23.5. The zero-order chi connectivity index (χ0) is 24.5. The topological polar surface area (TPSA) is 83.1 Å². The number of nitrogens with one attached hydrogen (secondary N) is 1. The highest BCUT2D eigenvalue weighted by molar-refractivity contribution is 6.31. The predicted molar refractivity (Wildman–Crippen MR) is 129 cm³/mol. The quantitative estimate of drug-likeness (QED) is 0.467. The second-order valence-electron chi connectivity index (χ2n) is 8.78. The van der Waals surface area contributed by atoms with Gasteiger partial charge in [-0.3, -0.25) is 4.79 Å². The highest BCUT2D eigenvalue weighted by Crippen LogP contribution is 2.48. The maximum absolute atomic E-state index is 13.7. The maximum Gasteiger partial charge on any atom is 0.336 e. The number of rotatable bonds is 6. The fraction of sp³-hybridized carbons (Fsp3) is 0.333. The number of ether oxygens (including phenoxy) is 4. The summed E-state index contributed by atoms with van der Waals surface area (Å²) < 4.78 is 21.6. The van der Waals surface area contributed by atoms with Crippen LogP contribution in [0.4, 0.5) is 0 Å². The van der Waals surface area contributed by atoms with Crippen LogP contribution in [0, 0.1) is 5.92 Å². The fourth-order valence-electron chi connectivity index (χ4n) is 5.08. The van der Waals surface area contributed by atoms with Gasteiger partial charge < -0.3 is 24.3 Å². The van der Waals surface area contributed by atoms with Crippen LogP contribution in [0.2, 0.25) is 5.02 Å². The van der Waals surface area contributed by atoms with Gasteiger partial charge in [-0.25, -0.2) is 4.79 Å². The Morgan fingerprint density at radius 1 is 1.11 bits per heavy atom. The van der Waals surface area contributed by atoms with E-state index in [1.807, 2.05) is 49.4 Å². The summed E-state index contributed by atoms with van der Waals surface area (Å²) in [7, 11) is 1.54. The Hall–Kier alpha value is -3.29. The van der Waals surface area contributed by atoms with E-state index in [0.717, 1.165) is 16.8 Å². The van der Waals surface area contributed by atoms with E-state index in [4.69, 9.17) is 30.5 Å². The smallest absolute Gasteiger partial charge is 0.336 e. The van der Waals surface area contributed by atoms with Crippen LogP contribution in [-0.4, -0.2) is 38.9 Å². The minimum absolute atomic E-state index is 0.0253. The molecule has 0 radical (unpaired) electrons. The van der Waals surface area contributed by atoms with Crippen molar-refractivity contribution in [3.05, 3.63) is 81.7 Å². The normalized spacial score (nSPS) is 22.9. The van der Waals surface area contributed by atoms with Crippen LogP contribution >= 0.6 is 11.6 Å². The number of hydrogen-bond acceptors (Lipinski definition) is 7. The van der Waals surface area contributed by atoms with Crippen LogP contribution in [0.1, 0.15) is 36.3 Å². The molecule has 8 heteroatoms. The van der Waals surface area contributed by atoms with Gasteiger partial charge in [0.1, 0.15) is 12.4 Å². The Bertz CT molecular complexity index is 1240. The van der Waals surface area contributed by atoms with Gasteiger partial charge in [0.05, 0.1) is 18.1 Å². The Balaban J connectivity index is 1.59. The summed E-state index contributed by atoms with van der Waals surface area (Å²) in [5, 5.41) is 3.95. The molecule has 0 spiro atoms. The molecule has 3 unspecified atom stereocenters. The van der Waals surface area contributed by atoms with Crippen LogP contribution < -0.4 is 14.8 Å². The third kappa shape index (κ3) is 4.42. The molecular formula is C27H26ClNO6. The molecule has 0 saturated carbocycles. The molecule has 3 atom stereocenters. The lowest BCUT2D eigenvalue weighted by Crippen LogP contribution is -2.42. The van der Waals surface area contributed by atoms with Gasteiger partial charge in [-0.15, -0.1) is 0 Å². The summed E-state index contributed by atoms with van der Waals surface area (Å²) in [6.07, 6.45) is 2.34. The number of esters is 1. The monoisotopic (exact) mass is 495 g/mol. The molecule has 3 aliphatic rings. The zero-order valence-electron chi connectivity index (χ0n) is 19.5. The van der Waals surface area contributed by atoms with Crippen molar-refractivity contribution in [3.8, 4) is 11.5 Å². The molecule has 2 aromatic carbocycles. The van der Waals surface area contributed by atoms with Gasteiger partial charge in [-0.05, 0) is 36.2 Å². The number of benzene rings is 2. The molecule has 7 nitrogen and oxygen atoms in total. The minimum Gasteiger partial charge on any atom is -0.460 e. The van der Waals surface area contributed by atoms with E-state index in [1.165, 1.54) is 0 Å². The van der Waals surface area contributed by atoms with Crippen LogP contribution in [-0.2, 0) is 19.1 Å². The molecular weight excluding hydrogens is 470 g/mol. The Morgan fingerprint density at radius 2 is 1.91 bits per heavy atom. The first-order valence-electron chi connectivity index (χ1n) is 11.5. The number of halogens is 1. The number of hydrogen-bond donors (Lipinski definition) is 1. The first-order chi connectivity index (χ1) is 17.0. The van der Waals surface area contributed by atoms with Crippen LogP contribution in [0.15, 0.2) is 65.5 Å². The van der Waals surface area contributed by atoms with Crippen LogP contribution in [0.5, 0.6) is 11.5 Å². The lowest BCUT2D eigenvalue weighted by Gasteiger charge is -2.39. The largest absolute Gasteiger partial charge is 0.460 e. The lowest BCUT2D eigenvalue weighted by molar-refractivity contribution is -0.141. The van der Waals surface area contributed by atoms with E-state index in [-0.39, 0.29) is 38.1 Å². The highest BCUT2D eigenvalue weighted by atomic mass is 35.5. The number of methoxy groups -OCH3 is 1. The van der Waals surface area contributed by atoms with Crippen molar-refractivity contribution in [2.24, 2.45) is 5.92 Å². The average Bonchev–Trinajstić information content (AvgIpc) is 3.31. The molecule has 35 heavy (non-hydrogen) atoms. The SMILES string of the molecule is COCCOC(=O)C1=C(C)NC2=CC(c3ccccc3Cl)CC(=O)C2C1c1ccc2c(c1)OCO2. The number of carbonyl (C=O) groups is 2. The third-order valence-electron chi connectivity index (χ3n) is 6.66. The molecule has 0 bridgehead atoms. The van der Waals surface area contributed by atoms with Gasteiger partial charge in [0.25, 0.3) is 0 Å². The van der Waals surface area contributed by atoms with E-state index < -0.39 is 17.8 Å². The van der Waals surface area contributed by atoms with Crippen molar-refractivity contribution in [1.29, 1.82) is 0 Å². The van der Waals surface area contributed by atoms with Crippen molar-refractivity contribution >= 4 is 23.4 Å². The van der Waals surface area contributed by atoms with Gasteiger partial charge in [-0.1, -0.05) is 41.9 Å². The number of Topliss-reactive ketones (excluding diaryl/α,β-unsaturated/α-hetero) is 1. The molecule has 1 aliphatic carbocycles. The van der Waals surface area contributed by atoms with Gasteiger partial charge in [0, 0.05) is 41.8 Å². The first-order valence-corrected chi connectivity index (χ1v) is 11.9. The summed E-state index contributed by atoms with van der Waals surface area (Å²) in [6.45, 7) is 2.37. The van der Waals surface area contributed by atoms with Crippen LogP contribution in [0.25, 0.3) is 0 Å². The molecule has 0 saturated heterocycles. The van der Waals surface area contributed by atoms with Gasteiger partial charge in [0.2, 0.25) is 6.79 Å². The molecule has 0 amide bonds. The molecule has 2 aliphatic heterocycles. The standard InChI is InChI=1S/C27H26ClNO6/c1-15-24(27(31)33-10-9-32-2)25(16-7-8-22-23(13-16)35-14-34-22)26-20(29-15)11-17(12-21(26)30)18-5-3-4-6-19(18)28/h3-8,11,13,17,25-26,29H,9-10,12,14H2,1-2H3. The summed E-state index contributed by atoms with van der Waals surface area (Å²) in [4.78, 5) is 26.9. The van der Waals surface area contributed by atoms with Gasteiger partial charge in [0.15, 0.2) is 11.5 Å². The van der Waals surface area contributed by atoms with Crippen molar-refractivity contribution < 1.29 is 28.5 Å². The van der Waals surface area contributed by atoms with Crippen molar-refractivity contribution in [3.63, 3.8) is 0 Å². The van der Waals surface area contributed by atoms with Crippen molar-refractivity contribution in [2.45, 2.75) is 25.2 Å². The van der Waals surface area contributed by atoms with Crippen molar-refractivity contribution in [1.82, 2.24) is 5.32 Å². The van der Waals surface area contributed by atoms with Gasteiger partial charge in [-0.2, -0.15) is 0 Å². The Kier molecular flexibility index (Phi) is 6.54. The Labute approximate surface area is 208 Å². The summed E-state index contributed by atoms with van der Waals surface area (Å²) in [6, 6.07) is 13.1. The fourth-order valence-corrected chi connectivity index (χ4v) is 5.36. The molecule has 182 valence electrons. The summed E-state index contributed by atoms with van der Waals surface area (Å²) in [5.74, 6) is -0.484. The lowest BCUT2D eigenvalue weighted by atomic mass is 9.68. The number of carbonyl (C=O) groups excluding carboxylic acids is 2. The van der Waals surface area contributed by atoms with E-state index in [9.17, 15) is 9.59 Å². The molecule has 5 rings (SSSR count). The number of allylic oxidation sites excluding steroid dienone is 3. The molecule has 0 fully saturated rings.